The van der Waals surface area contributed by atoms with Crippen molar-refractivity contribution in [2.75, 3.05) is 18.0 Å². The molecule has 0 amide bonds. The largest absolute Gasteiger partial charge is 0.445 e. The Morgan fingerprint density at radius 3 is 2.46 bits per heavy atom. The molecule has 0 N–H and O–H groups in total. The Balaban J connectivity index is 2.06. The molecule has 0 saturated heterocycles. The van der Waals surface area contributed by atoms with E-state index in [4.69, 9.17) is 5.26 Å². The first-order valence-corrected chi connectivity index (χ1v) is 7.80. The van der Waals surface area contributed by atoms with Crippen LogP contribution >= 0.6 is 11.3 Å². The molecule has 6 nitrogen and oxygen atoms in total. The summed E-state index contributed by atoms with van der Waals surface area (Å²) in [6.07, 6.45) is -4.10. The Bertz CT molecular complexity index is 732. The summed E-state index contributed by atoms with van der Waals surface area (Å²) in [6.45, 7) is 3.37. The van der Waals surface area contributed by atoms with E-state index in [-0.39, 0.29) is 5.13 Å². The second-order valence-electron chi connectivity index (χ2n) is 4.59. The number of halogens is 3. The van der Waals surface area contributed by atoms with E-state index in [1.807, 2.05) is 24.0 Å². The van der Waals surface area contributed by atoms with Crippen LogP contribution in [0.25, 0.3) is 0 Å². The van der Waals surface area contributed by atoms with Crippen LogP contribution in [0.4, 0.5) is 29.7 Å². The summed E-state index contributed by atoms with van der Waals surface area (Å²) in [5.41, 5.74) is 1.42. The Hall–Kier alpha value is -2.54. The van der Waals surface area contributed by atoms with Gasteiger partial charge in [0.1, 0.15) is 0 Å². The maximum Gasteiger partial charge on any atom is 0.445 e. The number of hydrogen-bond donors (Lipinski definition) is 0. The second-order valence-corrected chi connectivity index (χ2v) is 5.55. The predicted octanol–water partition coefficient (Wildman–Crippen LogP) is 4.71. The summed E-state index contributed by atoms with van der Waals surface area (Å²) in [5, 5.41) is 21.3. The van der Waals surface area contributed by atoms with E-state index in [1.165, 1.54) is 0 Å². The number of hydrogen-bond acceptors (Lipinski definition) is 7. The average Bonchev–Trinajstić information content (AvgIpc) is 3.04. The number of benzene rings is 1. The first kappa shape index (κ1) is 17.8. The number of rotatable bonds is 6. The van der Waals surface area contributed by atoms with Gasteiger partial charge in [0.2, 0.25) is 5.01 Å². The lowest BCUT2D eigenvalue weighted by atomic mass is 10.2. The van der Waals surface area contributed by atoms with Crippen LogP contribution in [-0.2, 0) is 6.18 Å². The summed E-state index contributed by atoms with van der Waals surface area (Å²) >= 11 is 0.333. The van der Waals surface area contributed by atoms with Crippen LogP contribution in [0.5, 0.6) is 0 Å². The molecule has 0 spiro atoms. The molecule has 0 bridgehead atoms. The topological polar surface area (TPSA) is 77.5 Å². The second kappa shape index (κ2) is 7.83. The van der Waals surface area contributed by atoms with Gasteiger partial charge in [0, 0.05) is 18.8 Å². The summed E-state index contributed by atoms with van der Waals surface area (Å²) in [5.74, 6) is 0. The summed E-state index contributed by atoms with van der Waals surface area (Å²) in [6, 6.07) is 9.12. The van der Waals surface area contributed by atoms with Gasteiger partial charge in [-0.05, 0) is 31.2 Å². The first-order chi connectivity index (χ1) is 11.4. The quantitative estimate of drug-likeness (QED) is 0.704. The molecule has 1 aromatic heterocycles. The molecule has 1 heterocycles. The lowest BCUT2D eigenvalue weighted by molar-refractivity contribution is -0.138. The molecule has 0 radical (unpaired) electrons. The summed E-state index contributed by atoms with van der Waals surface area (Å²) < 4.78 is 37.3. The highest BCUT2D eigenvalue weighted by Crippen LogP contribution is 2.34. The Kier molecular flexibility index (Phi) is 5.81. The van der Waals surface area contributed by atoms with Crippen LogP contribution in [0.3, 0.4) is 0 Å². The molecular formula is C14H13F3N6S. The van der Waals surface area contributed by atoms with Crippen molar-refractivity contribution in [1.82, 2.24) is 10.2 Å². The van der Waals surface area contributed by atoms with Crippen molar-refractivity contribution in [2.45, 2.75) is 19.5 Å². The van der Waals surface area contributed by atoms with E-state index < -0.39 is 11.2 Å². The minimum absolute atomic E-state index is 0.157. The van der Waals surface area contributed by atoms with E-state index in [0.29, 0.717) is 30.0 Å². The monoisotopic (exact) mass is 354 g/mol. The van der Waals surface area contributed by atoms with Crippen molar-refractivity contribution < 1.29 is 13.2 Å². The van der Waals surface area contributed by atoms with Crippen LogP contribution < -0.4 is 4.90 Å². The third-order valence-corrected chi connectivity index (χ3v) is 3.85. The first-order valence-electron chi connectivity index (χ1n) is 6.98. The Morgan fingerprint density at radius 2 is 1.92 bits per heavy atom. The zero-order chi connectivity index (χ0) is 17.6. The van der Waals surface area contributed by atoms with Gasteiger partial charge in [-0.3, -0.25) is 0 Å². The molecule has 2 rings (SSSR count). The maximum absolute atomic E-state index is 12.4. The van der Waals surface area contributed by atoms with E-state index >= 15 is 0 Å². The molecule has 1 aromatic carbocycles. The third-order valence-electron chi connectivity index (χ3n) is 3.00. The molecule has 10 heteroatoms. The van der Waals surface area contributed by atoms with Crippen molar-refractivity contribution in [3.8, 4) is 6.07 Å². The minimum atomic E-state index is -4.53. The van der Waals surface area contributed by atoms with E-state index in [9.17, 15) is 13.2 Å². The molecule has 0 unspecified atom stereocenters. The molecule has 0 saturated carbocycles. The highest BCUT2D eigenvalue weighted by molar-refractivity contribution is 7.15. The number of azo groups is 1. The number of nitrogens with zero attached hydrogens (tertiary/aromatic N) is 6. The Labute approximate surface area is 140 Å². The van der Waals surface area contributed by atoms with Gasteiger partial charge in [-0.2, -0.15) is 18.4 Å². The van der Waals surface area contributed by atoms with Gasteiger partial charge in [0.05, 0.1) is 18.2 Å². The van der Waals surface area contributed by atoms with E-state index in [0.717, 1.165) is 12.2 Å². The molecule has 0 atom stereocenters. The normalized spacial score (nSPS) is 11.6. The summed E-state index contributed by atoms with van der Waals surface area (Å²) in [7, 11) is 0. The number of alkyl halides is 3. The van der Waals surface area contributed by atoms with Gasteiger partial charge in [-0.25, -0.2) is 0 Å². The van der Waals surface area contributed by atoms with Crippen molar-refractivity contribution in [3.63, 3.8) is 0 Å². The van der Waals surface area contributed by atoms with Crippen LogP contribution in [-0.4, -0.2) is 23.3 Å². The van der Waals surface area contributed by atoms with Crippen molar-refractivity contribution in [1.29, 1.82) is 5.26 Å². The zero-order valence-electron chi connectivity index (χ0n) is 12.7. The average molecular weight is 354 g/mol. The third kappa shape index (κ3) is 4.73. The number of aromatic nitrogens is 2. The number of nitriles is 1. The fraction of sp³-hybridized carbons (Fsp3) is 0.357. The van der Waals surface area contributed by atoms with Crippen LogP contribution in [0, 0.1) is 11.3 Å². The molecule has 2 aromatic rings. The van der Waals surface area contributed by atoms with Crippen LogP contribution in [0.15, 0.2) is 34.5 Å². The standard InChI is InChI=1S/C14H13F3N6S/c1-2-23(9-3-8-18)11-6-4-10(5-7-11)19-21-13-22-20-12(24-13)14(15,16)17/h4-7H,2-3,9H2,1H3. The molecule has 24 heavy (non-hydrogen) atoms. The number of anilines is 1. The van der Waals surface area contributed by atoms with Gasteiger partial charge in [0.15, 0.2) is 0 Å². The maximum atomic E-state index is 12.4. The zero-order valence-corrected chi connectivity index (χ0v) is 13.5. The fourth-order valence-corrected chi connectivity index (χ4v) is 2.39. The highest BCUT2D eigenvalue weighted by Gasteiger charge is 2.35. The molecular weight excluding hydrogens is 341 g/mol. The molecule has 0 aliphatic rings. The van der Waals surface area contributed by atoms with Gasteiger partial charge >= 0.3 is 6.18 Å². The van der Waals surface area contributed by atoms with Gasteiger partial charge in [-0.15, -0.1) is 20.4 Å². The smallest absolute Gasteiger partial charge is 0.371 e. The Morgan fingerprint density at radius 1 is 1.21 bits per heavy atom. The van der Waals surface area contributed by atoms with Gasteiger partial charge in [0.25, 0.3) is 5.13 Å². The van der Waals surface area contributed by atoms with Gasteiger partial charge in [-0.1, -0.05) is 11.3 Å². The fourth-order valence-electron chi connectivity index (χ4n) is 1.86. The molecule has 0 aliphatic heterocycles. The van der Waals surface area contributed by atoms with Crippen molar-refractivity contribution in [2.24, 2.45) is 10.2 Å². The van der Waals surface area contributed by atoms with E-state index in [2.05, 4.69) is 26.5 Å². The summed E-state index contributed by atoms with van der Waals surface area (Å²) in [4.78, 5) is 2.03. The molecule has 0 fully saturated rings. The van der Waals surface area contributed by atoms with Gasteiger partial charge < -0.3 is 4.90 Å². The minimum Gasteiger partial charge on any atom is -0.371 e. The molecule has 126 valence electrons. The SMILES string of the molecule is CCN(CCC#N)c1ccc(N=Nc2nnc(C(F)(F)F)s2)cc1. The molecule has 0 aliphatic carbocycles. The van der Waals surface area contributed by atoms with Crippen molar-refractivity contribution in [3.05, 3.63) is 29.3 Å². The van der Waals surface area contributed by atoms with Crippen molar-refractivity contribution >= 4 is 27.8 Å². The van der Waals surface area contributed by atoms with E-state index in [1.54, 1.807) is 12.1 Å². The highest BCUT2D eigenvalue weighted by atomic mass is 32.1. The van der Waals surface area contributed by atoms with Crippen LogP contribution in [0.2, 0.25) is 0 Å². The van der Waals surface area contributed by atoms with Crippen LogP contribution in [0.1, 0.15) is 18.4 Å². The lowest BCUT2D eigenvalue weighted by Crippen LogP contribution is -2.23. The lowest BCUT2D eigenvalue weighted by Gasteiger charge is -2.21. The predicted molar refractivity (Wildman–Crippen MR) is 83.6 cm³/mol.